The van der Waals surface area contributed by atoms with E-state index in [9.17, 15) is 4.79 Å². The molecule has 0 radical (unpaired) electrons. The standard InChI is InChI=1S/C25H30N6O3/c1-29-22-19(12-17(14-21(22)34-3)25(32)30-9-5-7-18(26)15-30)28-24(29)20-13-16-6-4-8-27-23(16)31(20)10-11-33-2/h4,6,8,12-14,18H,5,7,9-11,15,26H2,1-3H3. The summed E-state index contributed by atoms with van der Waals surface area (Å²) in [6.45, 7) is 2.48. The maximum absolute atomic E-state index is 13.3. The van der Waals surface area contributed by atoms with Gasteiger partial charge in [0.05, 0.1) is 24.9 Å². The van der Waals surface area contributed by atoms with Gasteiger partial charge in [-0.1, -0.05) is 0 Å². The minimum absolute atomic E-state index is 0.0207. The lowest BCUT2D eigenvalue weighted by atomic mass is 10.0. The minimum Gasteiger partial charge on any atom is -0.494 e. The first-order valence-electron chi connectivity index (χ1n) is 11.5. The predicted molar refractivity (Wildman–Crippen MR) is 131 cm³/mol. The summed E-state index contributed by atoms with van der Waals surface area (Å²) in [7, 11) is 5.27. The molecule has 1 atom stereocenters. The van der Waals surface area contributed by atoms with E-state index in [2.05, 4.69) is 15.6 Å². The number of likely N-dealkylation sites (tertiary alicyclic amines) is 1. The number of aromatic nitrogens is 4. The van der Waals surface area contributed by atoms with Gasteiger partial charge in [0, 0.05) is 57.0 Å². The van der Waals surface area contributed by atoms with Crippen LogP contribution in [0.1, 0.15) is 23.2 Å². The second kappa shape index (κ2) is 9.08. The molecule has 1 aliphatic rings. The zero-order chi connectivity index (χ0) is 23.8. The Morgan fingerprint density at radius 1 is 1.26 bits per heavy atom. The summed E-state index contributed by atoms with van der Waals surface area (Å²) >= 11 is 0. The lowest BCUT2D eigenvalue weighted by molar-refractivity contribution is 0.0708. The van der Waals surface area contributed by atoms with E-state index in [4.69, 9.17) is 20.2 Å². The SMILES string of the molecule is COCCn1c(-c2nc3cc(C(=O)N4CCCC(N)C4)cc(OC)c3n2C)cc2cccnc21. The number of rotatable bonds is 6. The Bertz CT molecular complexity index is 1360. The van der Waals surface area contributed by atoms with Crippen LogP contribution < -0.4 is 10.5 Å². The molecule has 1 aromatic carbocycles. The summed E-state index contributed by atoms with van der Waals surface area (Å²) in [5, 5.41) is 1.03. The number of hydrogen-bond acceptors (Lipinski definition) is 6. The molecule has 9 heteroatoms. The maximum Gasteiger partial charge on any atom is 0.254 e. The van der Waals surface area contributed by atoms with Crippen molar-refractivity contribution in [1.29, 1.82) is 0 Å². The van der Waals surface area contributed by atoms with Gasteiger partial charge < -0.3 is 29.2 Å². The molecule has 0 bridgehead atoms. The number of methoxy groups -OCH3 is 2. The van der Waals surface area contributed by atoms with E-state index in [1.165, 1.54) is 0 Å². The number of fused-ring (bicyclic) bond motifs is 2. The highest BCUT2D eigenvalue weighted by molar-refractivity contribution is 6.00. The van der Waals surface area contributed by atoms with Crippen molar-refractivity contribution in [3.8, 4) is 17.3 Å². The van der Waals surface area contributed by atoms with Gasteiger partial charge in [-0.3, -0.25) is 4.79 Å². The minimum atomic E-state index is -0.0408. The average Bonchev–Trinajstić information content (AvgIpc) is 3.38. The van der Waals surface area contributed by atoms with Crippen LogP contribution in [0.5, 0.6) is 5.75 Å². The molecule has 178 valence electrons. The molecule has 4 heterocycles. The Hall–Kier alpha value is -3.43. The van der Waals surface area contributed by atoms with Gasteiger partial charge in [0.15, 0.2) is 5.82 Å². The molecule has 1 aliphatic heterocycles. The third-order valence-electron chi connectivity index (χ3n) is 6.55. The molecular weight excluding hydrogens is 432 g/mol. The van der Waals surface area contributed by atoms with Crippen LogP contribution in [-0.4, -0.2) is 69.9 Å². The summed E-state index contributed by atoms with van der Waals surface area (Å²) < 4.78 is 15.2. The van der Waals surface area contributed by atoms with Crippen LogP contribution in [0, 0.1) is 0 Å². The van der Waals surface area contributed by atoms with Gasteiger partial charge in [-0.15, -0.1) is 0 Å². The zero-order valence-electron chi connectivity index (χ0n) is 19.8. The first kappa shape index (κ1) is 22.4. The molecule has 34 heavy (non-hydrogen) atoms. The summed E-state index contributed by atoms with van der Waals surface area (Å²) in [4.78, 5) is 24.6. The molecule has 0 spiro atoms. The molecule has 9 nitrogen and oxygen atoms in total. The molecule has 1 fully saturated rings. The van der Waals surface area contributed by atoms with Crippen LogP contribution in [0.2, 0.25) is 0 Å². The van der Waals surface area contributed by atoms with Crippen LogP contribution in [0.4, 0.5) is 0 Å². The topological polar surface area (TPSA) is 100 Å². The molecular formula is C25H30N6O3. The first-order chi connectivity index (χ1) is 16.5. The van der Waals surface area contributed by atoms with Gasteiger partial charge in [0.2, 0.25) is 0 Å². The normalized spacial score (nSPS) is 16.5. The van der Waals surface area contributed by atoms with E-state index in [1.807, 2.05) is 34.7 Å². The van der Waals surface area contributed by atoms with E-state index in [-0.39, 0.29) is 11.9 Å². The summed E-state index contributed by atoms with van der Waals surface area (Å²) in [6, 6.07) is 9.73. The molecule has 1 amide bonds. The number of nitrogens with zero attached hydrogens (tertiary/aromatic N) is 5. The average molecular weight is 463 g/mol. The van der Waals surface area contributed by atoms with Crippen LogP contribution in [0.15, 0.2) is 36.5 Å². The lowest BCUT2D eigenvalue weighted by Gasteiger charge is -2.30. The van der Waals surface area contributed by atoms with E-state index in [0.717, 1.165) is 40.9 Å². The Morgan fingerprint density at radius 3 is 2.88 bits per heavy atom. The smallest absolute Gasteiger partial charge is 0.254 e. The number of amides is 1. The molecule has 4 aromatic rings. The number of hydrogen-bond donors (Lipinski definition) is 1. The number of aryl methyl sites for hydroxylation is 1. The molecule has 1 saturated heterocycles. The van der Waals surface area contributed by atoms with Crippen molar-refractivity contribution >= 4 is 28.0 Å². The number of pyridine rings is 1. The number of carbonyl (C=O) groups excluding carboxylic acids is 1. The molecule has 5 rings (SSSR count). The van der Waals surface area contributed by atoms with Crippen molar-refractivity contribution < 1.29 is 14.3 Å². The van der Waals surface area contributed by atoms with Crippen molar-refractivity contribution in [3.63, 3.8) is 0 Å². The fourth-order valence-electron chi connectivity index (χ4n) is 4.88. The Morgan fingerprint density at radius 2 is 2.12 bits per heavy atom. The second-order valence-corrected chi connectivity index (χ2v) is 8.78. The number of benzene rings is 1. The van der Waals surface area contributed by atoms with Gasteiger partial charge in [0.25, 0.3) is 5.91 Å². The number of ether oxygens (including phenoxy) is 2. The van der Waals surface area contributed by atoms with Crippen molar-refractivity contribution in [2.24, 2.45) is 12.8 Å². The quantitative estimate of drug-likeness (QED) is 0.473. The molecule has 2 N–H and O–H groups in total. The van der Waals surface area contributed by atoms with Crippen molar-refractivity contribution in [2.75, 3.05) is 33.9 Å². The van der Waals surface area contributed by atoms with Gasteiger partial charge in [-0.25, -0.2) is 9.97 Å². The fraction of sp³-hybridized carbons (Fsp3) is 0.400. The Balaban J connectivity index is 1.63. The number of piperidine rings is 1. The van der Waals surface area contributed by atoms with Gasteiger partial charge >= 0.3 is 0 Å². The van der Waals surface area contributed by atoms with Crippen LogP contribution in [0.25, 0.3) is 33.6 Å². The highest BCUT2D eigenvalue weighted by Crippen LogP contribution is 2.34. The van der Waals surface area contributed by atoms with Crippen molar-refractivity contribution in [2.45, 2.75) is 25.4 Å². The van der Waals surface area contributed by atoms with Crippen molar-refractivity contribution in [3.05, 3.63) is 42.1 Å². The van der Waals surface area contributed by atoms with Crippen LogP contribution in [0.3, 0.4) is 0 Å². The monoisotopic (exact) mass is 462 g/mol. The van der Waals surface area contributed by atoms with E-state index in [0.29, 0.717) is 43.1 Å². The fourth-order valence-corrected chi connectivity index (χ4v) is 4.88. The number of nitrogens with two attached hydrogens (primary N) is 1. The molecule has 1 unspecified atom stereocenters. The highest BCUT2D eigenvalue weighted by atomic mass is 16.5. The summed E-state index contributed by atoms with van der Waals surface area (Å²) in [5.41, 5.74) is 10.0. The maximum atomic E-state index is 13.3. The third kappa shape index (κ3) is 3.80. The number of imidazole rings is 1. The summed E-state index contributed by atoms with van der Waals surface area (Å²) in [5.74, 6) is 1.34. The highest BCUT2D eigenvalue weighted by Gasteiger charge is 2.25. The van der Waals surface area contributed by atoms with Gasteiger partial charge in [0.1, 0.15) is 16.9 Å². The van der Waals surface area contributed by atoms with Gasteiger partial charge in [-0.2, -0.15) is 0 Å². The van der Waals surface area contributed by atoms with Crippen LogP contribution in [-0.2, 0) is 18.3 Å². The molecule has 0 aliphatic carbocycles. The predicted octanol–water partition coefficient (Wildman–Crippen LogP) is 2.81. The zero-order valence-corrected chi connectivity index (χ0v) is 19.8. The van der Waals surface area contributed by atoms with E-state index < -0.39 is 0 Å². The van der Waals surface area contributed by atoms with E-state index >= 15 is 0 Å². The van der Waals surface area contributed by atoms with Gasteiger partial charge in [-0.05, 0) is 43.2 Å². The molecule has 0 saturated carbocycles. The number of carbonyl (C=O) groups is 1. The summed E-state index contributed by atoms with van der Waals surface area (Å²) in [6.07, 6.45) is 3.65. The lowest BCUT2D eigenvalue weighted by Crippen LogP contribution is -2.45. The third-order valence-corrected chi connectivity index (χ3v) is 6.55. The Kier molecular flexibility index (Phi) is 5.97. The van der Waals surface area contributed by atoms with Crippen molar-refractivity contribution in [1.82, 2.24) is 24.0 Å². The largest absolute Gasteiger partial charge is 0.494 e. The van der Waals surface area contributed by atoms with E-state index in [1.54, 1.807) is 26.5 Å². The molecule has 3 aromatic heterocycles. The first-order valence-corrected chi connectivity index (χ1v) is 11.5. The second-order valence-electron chi connectivity index (χ2n) is 8.78. The van der Waals surface area contributed by atoms with Crippen LogP contribution >= 0.6 is 0 Å². The Labute approximate surface area is 198 Å².